The van der Waals surface area contributed by atoms with Gasteiger partial charge in [-0.05, 0) is 199 Å². The van der Waals surface area contributed by atoms with E-state index in [1.54, 1.807) is 0 Å². The lowest BCUT2D eigenvalue weighted by Crippen LogP contribution is -2.02. The molecule has 0 heteroatoms. The topological polar surface area (TPSA) is 0 Å². The highest BCUT2D eigenvalue weighted by atomic mass is 14.3. The standard InChI is InChI=1S/C69H48/c1-3-4-23-56-44(2)55-24-11-9-21-49(55)40-64(56)52-35-37-63-66(42-52)68(54-33-31-46-18-6-8-20-48(46)39-54)62-36-34-53(65-41-50-22-10-12-25-57(50)59-27-14-15-28-60(59)65)43-67(62)69(63)61-29-16-13-26-58(61)51-32-30-45-17-5-7-19-47(45)38-51/h3-10,12-23,25-43H,1,11,24H2,2H3/b23-4-. The van der Waals surface area contributed by atoms with Crippen molar-refractivity contribution >= 4 is 76.8 Å². The van der Waals surface area contributed by atoms with Gasteiger partial charge in [-0.1, -0.05) is 207 Å². The molecule has 0 atom stereocenters. The number of allylic oxidation sites excluding steroid dienone is 3. The fourth-order valence-corrected chi connectivity index (χ4v) is 11.6. The Morgan fingerprint density at radius 2 is 0.942 bits per heavy atom. The number of fused-ring (bicyclic) bond motifs is 8. The predicted molar refractivity (Wildman–Crippen MR) is 300 cm³/mol. The minimum absolute atomic E-state index is 1.06. The summed E-state index contributed by atoms with van der Waals surface area (Å²) in [6.45, 7) is 6.37. The second kappa shape index (κ2) is 16.6. The zero-order chi connectivity index (χ0) is 46.0. The average molecular weight is 877 g/mol. The Morgan fingerprint density at radius 1 is 0.391 bits per heavy atom. The van der Waals surface area contributed by atoms with Gasteiger partial charge in [0.05, 0.1) is 0 Å². The maximum Gasteiger partial charge on any atom is -0.00199 e. The van der Waals surface area contributed by atoms with Crippen molar-refractivity contribution in [3.05, 3.63) is 253 Å². The Hall–Kier alpha value is -8.58. The van der Waals surface area contributed by atoms with Crippen LogP contribution in [-0.2, 0) is 6.42 Å². The molecule has 0 unspecified atom stereocenters. The summed E-state index contributed by atoms with van der Waals surface area (Å²) < 4.78 is 0. The number of hydrogen-bond acceptors (Lipinski definition) is 0. The molecule has 0 radical (unpaired) electrons. The van der Waals surface area contributed by atoms with Crippen molar-refractivity contribution in [1.82, 2.24) is 0 Å². The van der Waals surface area contributed by atoms with Gasteiger partial charge in [0, 0.05) is 0 Å². The van der Waals surface area contributed by atoms with E-state index >= 15 is 0 Å². The van der Waals surface area contributed by atoms with Crippen molar-refractivity contribution in [2.24, 2.45) is 0 Å². The molecule has 12 aromatic rings. The second-order valence-electron chi connectivity index (χ2n) is 18.7. The van der Waals surface area contributed by atoms with Crippen molar-refractivity contribution < 1.29 is 0 Å². The molecule has 0 saturated carbocycles. The highest BCUT2D eigenvalue weighted by Crippen LogP contribution is 2.50. The van der Waals surface area contributed by atoms with Crippen LogP contribution in [0.3, 0.4) is 0 Å². The first kappa shape index (κ1) is 40.7. The van der Waals surface area contributed by atoms with E-state index in [9.17, 15) is 0 Å². The molecular weight excluding hydrogens is 829 g/mol. The first-order chi connectivity index (χ1) is 34.1. The Kier molecular flexibility index (Phi) is 9.80. The molecule has 69 heavy (non-hydrogen) atoms. The first-order valence-electron chi connectivity index (χ1n) is 24.2. The Labute approximate surface area is 403 Å². The van der Waals surface area contributed by atoms with Gasteiger partial charge >= 0.3 is 0 Å². The lowest BCUT2D eigenvalue weighted by molar-refractivity contribution is 0.970. The smallest absolute Gasteiger partial charge is 0.00199 e. The summed E-state index contributed by atoms with van der Waals surface area (Å²) in [7, 11) is 0. The summed E-state index contributed by atoms with van der Waals surface area (Å²) in [6.07, 6.45) is 13.0. The van der Waals surface area contributed by atoms with E-state index < -0.39 is 0 Å². The van der Waals surface area contributed by atoms with Crippen LogP contribution in [0.1, 0.15) is 28.7 Å². The SMILES string of the molecule is C=C/C=C\c1c(-c2ccc3c(-c4ccccc4-c4ccc5ccccc5c4)c4cc(-c5cc6ccccc6c6ccccc56)ccc4c(-c4ccc5ccccc5c4)c3c2)cc2c(c1C)CCC=C2. The summed E-state index contributed by atoms with van der Waals surface area (Å²) in [5.41, 5.74) is 17.5. The minimum atomic E-state index is 1.06. The highest BCUT2D eigenvalue weighted by molar-refractivity contribution is 6.24. The zero-order valence-electron chi connectivity index (χ0n) is 38.6. The predicted octanol–water partition coefficient (Wildman–Crippen LogP) is 19.4. The molecule has 0 bridgehead atoms. The summed E-state index contributed by atoms with van der Waals surface area (Å²) in [5, 5.41) is 14.9. The van der Waals surface area contributed by atoms with Gasteiger partial charge in [0.25, 0.3) is 0 Å². The average Bonchev–Trinajstić information content (AvgIpc) is 3.41. The largest absolute Gasteiger partial charge is 0.0991 e. The summed E-state index contributed by atoms with van der Waals surface area (Å²) in [6, 6.07) is 77.5. The van der Waals surface area contributed by atoms with Gasteiger partial charge in [0.2, 0.25) is 0 Å². The van der Waals surface area contributed by atoms with Gasteiger partial charge in [-0.15, -0.1) is 0 Å². The summed E-state index contributed by atoms with van der Waals surface area (Å²) in [4.78, 5) is 0. The molecule has 324 valence electrons. The van der Waals surface area contributed by atoms with Crippen LogP contribution in [-0.4, -0.2) is 0 Å². The Balaban J connectivity index is 1.17. The minimum Gasteiger partial charge on any atom is -0.0991 e. The molecule has 1 aliphatic carbocycles. The second-order valence-corrected chi connectivity index (χ2v) is 18.7. The van der Waals surface area contributed by atoms with Gasteiger partial charge < -0.3 is 0 Å². The van der Waals surface area contributed by atoms with Crippen molar-refractivity contribution in [2.45, 2.75) is 19.8 Å². The van der Waals surface area contributed by atoms with E-state index in [1.807, 2.05) is 6.08 Å². The molecule has 12 aromatic carbocycles. The van der Waals surface area contributed by atoms with Crippen LogP contribution in [0.25, 0.3) is 132 Å². The molecular formula is C69H48. The monoisotopic (exact) mass is 876 g/mol. The molecule has 0 aromatic heterocycles. The van der Waals surface area contributed by atoms with Crippen LogP contribution in [0.15, 0.2) is 231 Å². The van der Waals surface area contributed by atoms with E-state index in [0.29, 0.717) is 0 Å². The zero-order valence-corrected chi connectivity index (χ0v) is 38.6. The van der Waals surface area contributed by atoms with Crippen LogP contribution >= 0.6 is 0 Å². The van der Waals surface area contributed by atoms with Crippen LogP contribution in [0.5, 0.6) is 0 Å². The molecule has 0 N–H and O–H groups in total. The molecule has 1 aliphatic rings. The van der Waals surface area contributed by atoms with Crippen LogP contribution < -0.4 is 0 Å². The van der Waals surface area contributed by atoms with Gasteiger partial charge in [-0.3, -0.25) is 0 Å². The molecule has 13 rings (SSSR count). The Bertz CT molecular complexity index is 4160. The molecule has 0 amide bonds. The van der Waals surface area contributed by atoms with E-state index in [-0.39, 0.29) is 0 Å². The summed E-state index contributed by atoms with van der Waals surface area (Å²) in [5.74, 6) is 0. The van der Waals surface area contributed by atoms with Crippen molar-refractivity contribution in [3.8, 4) is 55.6 Å². The maximum atomic E-state index is 4.07. The van der Waals surface area contributed by atoms with E-state index in [1.165, 1.54) is 143 Å². The molecule has 0 heterocycles. The molecule has 0 spiro atoms. The van der Waals surface area contributed by atoms with E-state index in [2.05, 4.69) is 244 Å². The number of benzene rings is 12. The summed E-state index contributed by atoms with van der Waals surface area (Å²) >= 11 is 0. The highest BCUT2D eigenvalue weighted by Gasteiger charge is 2.23. The molecule has 0 nitrogen and oxygen atoms in total. The van der Waals surface area contributed by atoms with Crippen LogP contribution in [0.4, 0.5) is 0 Å². The van der Waals surface area contributed by atoms with Gasteiger partial charge in [-0.25, -0.2) is 0 Å². The lowest BCUT2D eigenvalue weighted by atomic mass is 9.80. The maximum absolute atomic E-state index is 4.07. The first-order valence-corrected chi connectivity index (χ1v) is 24.2. The van der Waals surface area contributed by atoms with Crippen LogP contribution in [0.2, 0.25) is 0 Å². The molecule has 0 aliphatic heterocycles. The number of rotatable bonds is 7. The van der Waals surface area contributed by atoms with Crippen molar-refractivity contribution in [1.29, 1.82) is 0 Å². The molecule has 0 saturated heterocycles. The van der Waals surface area contributed by atoms with Gasteiger partial charge in [0.1, 0.15) is 0 Å². The normalized spacial score (nSPS) is 12.5. The Morgan fingerprint density at radius 3 is 1.68 bits per heavy atom. The number of hydrogen-bond donors (Lipinski definition) is 0. The van der Waals surface area contributed by atoms with Crippen molar-refractivity contribution in [3.63, 3.8) is 0 Å². The third-order valence-electron chi connectivity index (χ3n) is 14.9. The van der Waals surface area contributed by atoms with Gasteiger partial charge in [0.15, 0.2) is 0 Å². The third-order valence-corrected chi connectivity index (χ3v) is 14.9. The van der Waals surface area contributed by atoms with E-state index in [4.69, 9.17) is 0 Å². The molecule has 0 fully saturated rings. The van der Waals surface area contributed by atoms with Crippen molar-refractivity contribution in [2.75, 3.05) is 0 Å². The fourth-order valence-electron chi connectivity index (χ4n) is 11.6. The quantitative estimate of drug-likeness (QED) is 0.0850. The fraction of sp³-hybridized carbons (Fsp3) is 0.0435. The van der Waals surface area contributed by atoms with Crippen LogP contribution in [0, 0.1) is 6.92 Å². The lowest BCUT2D eigenvalue weighted by Gasteiger charge is -2.23. The van der Waals surface area contributed by atoms with E-state index in [0.717, 1.165) is 12.8 Å². The van der Waals surface area contributed by atoms with Gasteiger partial charge in [-0.2, -0.15) is 0 Å². The third kappa shape index (κ3) is 6.83.